The number of rotatable bonds is 17. The summed E-state index contributed by atoms with van der Waals surface area (Å²) in [5.74, 6) is -0.000121. The van der Waals surface area contributed by atoms with Crippen molar-refractivity contribution in [2.24, 2.45) is 11.0 Å². The van der Waals surface area contributed by atoms with E-state index in [2.05, 4.69) is 14.8 Å². The van der Waals surface area contributed by atoms with E-state index in [1.54, 1.807) is 18.7 Å². The number of carbonyl (C=O) groups is 3. The van der Waals surface area contributed by atoms with Crippen molar-refractivity contribution in [1.82, 2.24) is 4.90 Å². The fourth-order valence-electron chi connectivity index (χ4n) is 4.65. The Balaban J connectivity index is 2.85. The molecular formula is C25H44N4O7. The Bertz CT molecular complexity index is 694. The highest BCUT2D eigenvalue weighted by atomic mass is 16.7. The maximum absolute atomic E-state index is 12.9. The molecule has 0 saturated heterocycles. The molecule has 11 nitrogen and oxygen atoms in total. The number of ether oxygens (including phenoxy) is 4. The van der Waals surface area contributed by atoms with Crippen molar-refractivity contribution >= 4 is 18.2 Å². The van der Waals surface area contributed by atoms with Crippen LogP contribution in [-0.4, -0.2) is 68.7 Å². The van der Waals surface area contributed by atoms with Crippen molar-refractivity contribution in [2.45, 2.75) is 103 Å². The van der Waals surface area contributed by atoms with Crippen molar-refractivity contribution < 1.29 is 33.3 Å². The van der Waals surface area contributed by atoms with E-state index in [9.17, 15) is 14.4 Å². The highest BCUT2D eigenvalue weighted by molar-refractivity contribution is 5.69. The Hall–Kier alpha value is -2.68. The highest BCUT2D eigenvalue weighted by Crippen LogP contribution is 2.30. The van der Waals surface area contributed by atoms with Crippen molar-refractivity contribution in [2.75, 3.05) is 33.4 Å². The first-order chi connectivity index (χ1) is 17.5. The summed E-state index contributed by atoms with van der Waals surface area (Å²) in [6, 6.07) is -0.338. The molecule has 0 aliphatic heterocycles. The van der Waals surface area contributed by atoms with Crippen LogP contribution in [0.3, 0.4) is 0 Å². The first kappa shape index (κ1) is 31.4. The maximum Gasteiger partial charge on any atom is 0.508 e. The molecule has 36 heavy (non-hydrogen) atoms. The van der Waals surface area contributed by atoms with Gasteiger partial charge in [-0.3, -0.25) is 4.79 Å². The van der Waals surface area contributed by atoms with Crippen LogP contribution in [0, 0.1) is 5.92 Å². The Morgan fingerprint density at radius 2 is 1.69 bits per heavy atom. The molecule has 1 fully saturated rings. The zero-order valence-corrected chi connectivity index (χ0v) is 22.2. The molecule has 0 spiro atoms. The summed E-state index contributed by atoms with van der Waals surface area (Å²) in [7, 11) is 1.38. The number of methoxy groups -OCH3 is 1. The monoisotopic (exact) mass is 512 g/mol. The summed E-state index contributed by atoms with van der Waals surface area (Å²) >= 11 is 0. The molecule has 2 atom stereocenters. The second kappa shape index (κ2) is 19.5. The van der Waals surface area contributed by atoms with E-state index in [0.29, 0.717) is 25.8 Å². The summed E-state index contributed by atoms with van der Waals surface area (Å²) in [5.41, 5.74) is 8.90. The summed E-state index contributed by atoms with van der Waals surface area (Å²) in [6.07, 6.45) is 8.50. The molecule has 0 N–H and O–H groups in total. The van der Waals surface area contributed by atoms with E-state index in [0.717, 1.165) is 51.4 Å². The van der Waals surface area contributed by atoms with Gasteiger partial charge in [-0.25, -0.2) is 9.59 Å². The number of hydrogen-bond acceptors (Lipinski definition) is 8. The lowest BCUT2D eigenvalue weighted by molar-refractivity contribution is -0.140. The number of nitrogens with zero attached hydrogens (tertiary/aromatic N) is 4. The fourth-order valence-corrected chi connectivity index (χ4v) is 4.65. The molecule has 1 aliphatic carbocycles. The lowest BCUT2D eigenvalue weighted by Gasteiger charge is -2.34. The predicted molar refractivity (Wildman–Crippen MR) is 134 cm³/mol. The number of azide groups is 1. The van der Waals surface area contributed by atoms with Crippen LogP contribution in [0.1, 0.15) is 90.9 Å². The Morgan fingerprint density at radius 3 is 2.33 bits per heavy atom. The molecule has 2 unspecified atom stereocenters. The van der Waals surface area contributed by atoms with Gasteiger partial charge in [-0.2, -0.15) is 0 Å². The van der Waals surface area contributed by atoms with E-state index in [1.165, 1.54) is 13.5 Å². The van der Waals surface area contributed by atoms with Gasteiger partial charge in [-0.05, 0) is 51.0 Å². The standard InChI is InChI=1S/C25H44N4O7/c1-4-34-24(31)29(21(19-27-28-26)15-11-6-7-12-16-23(30)33-3)18-17-22(36-25(32)35-5-2)20-13-9-8-10-14-20/h20-22H,4-19H2,1-3H3. The number of esters is 1. The van der Waals surface area contributed by atoms with Crippen molar-refractivity contribution in [3.8, 4) is 0 Å². The van der Waals surface area contributed by atoms with Gasteiger partial charge in [0.25, 0.3) is 0 Å². The summed E-state index contributed by atoms with van der Waals surface area (Å²) in [5, 5.41) is 3.74. The third-order valence-corrected chi connectivity index (χ3v) is 6.53. The summed E-state index contributed by atoms with van der Waals surface area (Å²) in [6.45, 7) is 4.38. The number of carbonyl (C=O) groups excluding carboxylic acids is 3. The van der Waals surface area contributed by atoms with Gasteiger partial charge in [0.15, 0.2) is 0 Å². The molecule has 0 aromatic heterocycles. The molecule has 1 rings (SSSR count). The normalized spacial score (nSPS) is 15.2. The van der Waals surface area contributed by atoms with Crippen molar-refractivity contribution in [3.63, 3.8) is 0 Å². The zero-order chi connectivity index (χ0) is 26.6. The van der Waals surface area contributed by atoms with Crippen LogP contribution in [0.4, 0.5) is 9.59 Å². The highest BCUT2D eigenvalue weighted by Gasteiger charge is 2.31. The van der Waals surface area contributed by atoms with Gasteiger partial charge in [0, 0.05) is 36.9 Å². The number of unbranched alkanes of at least 4 members (excludes halogenated alkanes) is 3. The molecular weight excluding hydrogens is 468 g/mol. The number of hydrogen-bond donors (Lipinski definition) is 0. The van der Waals surface area contributed by atoms with E-state index >= 15 is 0 Å². The largest absolute Gasteiger partial charge is 0.508 e. The van der Waals surface area contributed by atoms with Crippen molar-refractivity contribution in [3.05, 3.63) is 10.4 Å². The Labute approximate surface area is 214 Å². The quantitative estimate of drug-likeness (QED) is 0.0568. The third kappa shape index (κ3) is 12.9. The van der Waals surface area contributed by atoms with Crippen LogP contribution < -0.4 is 0 Å². The molecule has 1 saturated carbocycles. The minimum Gasteiger partial charge on any atom is -0.469 e. The van der Waals surface area contributed by atoms with Gasteiger partial charge in [-0.15, -0.1) is 0 Å². The predicted octanol–water partition coefficient (Wildman–Crippen LogP) is 6.15. The van der Waals surface area contributed by atoms with Crippen molar-refractivity contribution in [1.29, 1.82) is 0 Å². The minimum absolute atomic E-state index is 0.129. The van der Waals surface area contributed by atoms with Crippen LogP contribution in [0.25, 0.3) is 10.4 Å². The van der Waals surface area contributed by atoms with Crippen LogP contribution in [0.15, 0.2) is 5.11 Å². The van der Waals surface area contributed by atoms with E-state index in [1.807, 2.05) is 0 Å². The van der Waals surface area contributed by atoms with Crippen LogP contribution >= 0.6 is 0 Å². The van der Waals surface area contributed by atoms with Crippen LogP contribution in [0.5, 0.6) is 0 Å². The molecule has 0 aromatic rings. The molecule has 0 heterocycles. The lowest BCUT2D eigenvalue weighted by atomic mass is 9.84. The molecule has 0 bridgehead atoms. The smallest absolute Gasteiger partial charge is 0.469 e. The lowest BCUT2D eigenvalue weighted by Crippen LogP contribution is -2.45. The molecule has 0 aromatic carbocycles. The molecule has 1 aliphatic rings. The Morgan fingerprint density at radius 1 is 1.00 bits per heavy atom. The fraction of sp³-hybridized carbons (Fsp3) is 0.880. The first-order valence-corrected chi connectivity index (χ1v) is 13.3. The molecule has 206 valence electrons. The first-order valence-electron chi connectivity index (χ1n) is 13.3. The average Bonchev–Trinajstić information content (AvgIpc) is 2.88. The van der Waals surface area contributed by atoms with Gasteiger partial charge >= 0.3 is 18.2 Å². The van der Waals surface area contributed by atoms with E-state index < -0.39 is 12.2 Å². The molecule has 11 heteroatoms. The van der Waals surface area contributed by atoms with Gasteiger partial charge in [0.05, 0.1) is 20.3 Å². The topological polar surface area (TPSA) is 140 Å². The molecule has 1 amide bonds. The maximum atomic E-state index is 12.9. The van der Waals surface area contributed by atoms with Crippen LogP contribution in [-0.2, 0) is 23.7 Å². The van der Waals surface area contributed by atoms with E-state index in [4.69, 9.17) is 19.7 Å². The Kier molecular flexibility index (Phi) is 17.0. The van der Waals surface area contributed by atoms with Gasteiger partial charge in [0.2, 0.25) is 0 Å². The third-order valence-electron chi connectivity index (χ3n) is 6.53. The SMILES string of the molecule is CCOC(=O)OC(CCN(C(=O)OCC)C(CCCCCCC(=O)OC)CN=[N+]=[N-])C1CCCCC1. The second-order valence-corrected chi connectivity index (χ2v) is 9.01. The minimum atomic E-state index is -0.687. The summed E-state index contributed by atoms with van der Waals surface area (Å²) < 4.78 is 20.7. The second-order valence-electron chi connectivity index (χ2n) is 9.01. The van der Waals surface area contributed by atoms with Gasteiger partial charge in [0.1, 0.15) is 6.10 Å². The zero-order valence-electron chi connectivity index (χ0n) is 22.2. The number of amides is 1. The van der Waals surface area contributed by atoms with Crippen LogP contribution in [0.2, 0.25) is 0 Å². The van der Waals surface area contributed by atoms with E-state index in [-0.39, 0.29) is 43.8 Å². The molecule has 0 radical (unpaired) electrons. The van der Waals surface area contributed by atoms with Gasteiger partial charge < -0.3 is 23.8 Å². The summed E-state index contributed by atoms with van der Waals surface area (Å²) in [4.78, 5) is 40.8. The average molecular weight is 513 g/mol. The van der Waals surface area contributed by atoms with Gasteiger partial charge in [-0.1, -0.05) is 43.6 Å².